The molecule has 2 rings (SSSR count). The van der Waals surface area contributed by atoms with Crippen molar-refractivity contribution < 1.29 is 4.74 Å². The molecule has 1 aliphatic rings. The molecule has 0 radical (unpaired) electrons. The fourth-order valence-electron chi connectivity index (χ4n) is 1.59. The summed E-state index contributed by atoms with van der Waals surface area (Å²) in [6.45, 7) is 3.61. The van der Waals surface area contributed by atoms with Gasteiger partial charge in [-0.3, -0.25) is 0 Å². The highest BCUT2D eigenvalue weighted by atomic mass is 16.5. The topological polar surface area (TPSA) is 61.0 Å². The van der Waals surface area contributed by atoms with Crippen LogP contribution in [-0.4, -0.2) is 23.2 Å². The standard InChI is InChI=1S/C10H15N3O/c1-7-5-12-9(13-10(7)11)4-8-2-3-14-6-8/h5,8H,2-4,6H2,1H3,(H2,11,12,13). The van der Waals surface area contributed by atoms with Gasteiger partial charge in [-0.05, 0) is 19.3 Å². The minimum atomic E-state index is 0.567. The van der Waals surface area contributed by atoms with Crippen LogP contribution in [-0.2, 0) is 11.2 Å². The van der Waals surface area contributed by atoms with Gasteiger partial charge in [0, 0.05) is 31.4 Å². The molecule has 4 nitrogen and oxygen atoms in total. The zero-order valence-electron chi connectivity index (χ0n) is 8.36. The molecule has 4 heteroatoms. The summed E-state index contributed by atoms with van der Waals surface area (Å²) in [7, 11) is 0. The Morgan fingerprint density at radius 3 is 3.14 bits per heavy atom. The van der Waals surface area contributed by atoms with Gasteiger partial charge in [0.05, 0.1) is 0 Å². The molecule has 1 atom stereocenters. The number of ether oxygens (including phenoxy) is 1. The SMILES string of the molecule is Cc1cnc(CC2CCOC2)nc1N. The molecule has 1 aliphatic heterocycles. The van der Waals surface area contributed by atoms with Crippen LogP contribution in [0.4, 0.5) is 5.82 Å². The molecular formula is C10H15N3O. The van der Waals surface area contributed by atoms with Crippen molar-refractivity contribution in [3.8, 4) is 0 Å². The Kier molecular flexibility index (Phi) is 2.63. The van der Waals surface area contributed by atoms with Gasteiger partial charge in [-0.15, -0.1) is 0 Å². The molecule has 1 saturated heterocycles. The average molecular weight is 193 g/mol. The number of aryl methyl sites for hydroxylation is 1. The van der Waals surface area contributed by atoms with Gasteiger partial charge >= 0.3 is 0 Å². The van der Waals surface area contributed by atoms with Crippen molar-refractivity contribution in [3.63, 3.8) is 0 Å². The molecular weight excluding hydrogens is 178 g/mol. The third-order valence-electron chi connectivity index (χ3n) is 2.56. The fourth-order valence-corrected chi connectivity index (χ4v) is 1.59. The van der Waals surface area contributed by atoms with Crippen LogP contribution in [0.5, 0.6) is 0 Å². The monoisotopic (exact) mass is 193 g/mol. The van der Waals surface area contributed by atoms with E-state index in [0.717, 1.165) is 37.4 Å². The predicted molar refractivity (Wildman–Crippen MR) is 53.8 cm³/mol. The lowest BCUT2D eigenvalue weighted by atomic mass is 10.0. The van der Waals surface area contributed by atoms with Crippen molar-refractivity contribution in [3.05, 3.63) is 17.6 Å². The first-order valence-corrected chi connectivity index (χ1v) is 4.91. The molecule has 76 valence electrons. The largest absolute Gasteiger partial charge is 0.383 e. The molecule has 0 aliphatic carbocycles. The van der Waals surface area contributed by atoms with Crippen molar-refractivity contribution in [1.29, 1.82) is 0 Å². The van der Waals surface area contributed by atoms with Gasteiger partial charge in [-0.2, -0.15) is 0 Å². The maximum atomic E-state index is 5.71. The predicted octanol–water partition coefficient (Wildman–Crippen LogP) is 0.946. The van der Waals surface area contributed by atoms with Crippen LogP contribution >= 0.6 is 0 Å². The smallest absolute Gasteiger partial charge is 0.131 e. The molecule has 1 fully saturated rings. The van der Waals surface area contributed by atoms with E-state index in [2.05, 4.69) is 9.97 Å². The molecule has 0 amide bonds. The maximum absolute atomic E-state index is 5.71. The van der Waals surface area contributed by atoms with E-state index in [-0.39, 0.29) is 0 Å². The lowest BCUT2D eigenvalue weighted by Gasteiger charge is -2.06. The van der Waals surface area contributed by atoms with Crippen molar-refractivity contribution >= 4 is 5.82 Å². The fraction of sp³-hybridized carbons (Fsp3) is 0.600. The summed E-state index contributed by atoms with van der Waals surface area (Å²) in [5.41, 5.74) is 6.65. The van der Waals surface area contributed by atoms with Crippen LogP contribution < -0.4 is 5.73 Å². The summed E-state index contributed by atoms with van der Waals surface area (Å²) >= 11 is 0. The third-order valence-corrected chi connectivity index (χ3v) is 2.56. The molecule has 14 heavy (non-hydrogen) atoms. The first kappa shape index (κ1) is 9.40. The van der Waals surface area contributed by atoms with Gasteiger partial charge < -0.3 is 10.5 Å². The molecule has 1 unspecified atom stereocenters. The van der Waals surface area contributed by atoms with E-state index in [0.29, 0.717) is 11.7 Å². The summed E-state index contributed by atoms with van der Waals surface area (Å²) in [6, 6.07) is 0. The van der Waals surface area contributed by atoms with Crippen molar-refractivity contribution in [1.82, 2.24) is 9.97 Å². The normalized spacial score (nSPS) is 21.4. The van der Waals surface area contributed by atoms with Crippen LogP contribution in [0.15, 0.2) is 6.20 Å². The highest BCUT2D eigenvalue weighted by Crippen LogP contribution is 2.17. The van der Waals surface area contributed by atoms with Crippen molar-refractivity contribution in [2.24, 2.45) is 5.92 Å². The van der Waals surface area contributed by atoms with E-state index in [1.165, 1.54) is 0 Å². The Morgan fingerprint density at radius 1 is 1.64 bits per heavy atom. The van der Waals surface area contributed by atoms with Gasteiger partial charge in [0.15, 0.2) is 0 Å². The van der Waals surface area contributed by atoms with Crippen LogP contribution in [0.3, 0.4) is 0 Å². The van der Waals surface area contributed by atoms with Crippen LogP contribution in [0.2, 0.25) is 0 Å². The average Bonchev–Trinajstić information content (AvgIpc) is 2.64. The van der Waals surface area contributed by atoms with Crippen molar-refractivity contribution in [2.45, 2.75) is 19.8 Å². The molecule has 0 aromatic carbocycles. The molecule has 2 heterocycles. The second-order valence-corrected chi connectivity index (χ2v) is 3.79. The summed E-state index contributed by atoms with van der Waals surface area (Å²) in [4.78, 5) is 8.50. The first-order chi connectivity index (χ1) is 6.75. The quantitative estimate of drug-likeness (QED) is 0.759. The number of nitrogen functional groups attached to an aromatic ring is 1. The Balaban J connectivity index is 2.05. The molecule has 2 N–H and O–H groups in total. The Bertz CT molecular complexity index is 321. The second kappa shape index (κ2) is 3.92. The number of aromatic nitrogens is 2. The van der Waals surface area contributed by atoms with E-state index in [1.54, 1.807) is 6.20 Å². The van der Waals surface area contributed by atoms with Crippen molar-refractivity contribution in [2.75, 3.05) is 18.9 Å². The maximum Gasteiger partial charge on any atom is 0.131 e. The van der Waals surface area contributed by atoms with Crippen LogP contribution in [0.1, 0.15) is 17.8 Å². The number of hydrogen-bond donors (Lipinski definition) is 1. The van der Waals surface area contributed by atoms with E-state index in [9.17, 15) is 0 Å². The van der Waals surface area contributed by atoms with Crippen LogP contribution in [0, 0.1) is 12.8 Å². The molecule has 0 bridgehead atoms. The van der Waals surface area contributed by atoms with Gasteiger partial charge in [-0.1, -0.05) is 0 Å². The number of rotatable bonds is 2. The van der Waals surface area contributed by atoms with Gasteiger partial charge in [0.25, 0.3) is 0 Å². The third kappa shape index (κ3) is 2.01. The first-order valence-electron chi connectivity index (χ1n) is 4.91. The summed E-state index contributed by atoms with van der Waals surface area (Å²) < 4.78 is 5.30. The van der Waals surface area contributed by atoms with Gasteiger partial charge in [0.1, 0.15) is 11.6 Å². The Hall–Kier alpha value is -1.16. The van der Waals surface area contributed by atoms with Gasteiger partial charge in [-0.25, -0.2) is 9.97 Å². The number of nitrogens with zero attached hydrogens (tertiary/aromatic N) is 2. The molecule has 1 aromatic rings. The van der Waals surface area contributed by atoms with Gasteiger partial charge in [0.2, 0.25) is 0 Å². The Morgan fingerprint density at radius 2 is 2.50 bits per heavy atom. The molecule has 1 aromatic heterocycles. The Labute approximate surface area is 83.5 Å². The lowest BCUT2D eigenvalue weighted by Crippen LogP contribution is -2.09. The summed E-state index contributed by atoms with van der Waals surface area (Å²) in [5, 5.41) is 0. The number of nitrogens with two attached hydrogens (primary N) is 1. The number of hydrogen-bond acceptors (Lipinski definition) is 4. The van der Waals surface area contributed by atoms with E-state index >= 15 is 0 Å². The highest BCUT2D eigenvalue weighted by molar-refractivity contribution is 5.35. The molecule has 0 saturated carbocycles. The number of anilines is 1. The van der Waals surface area contributed by atoms with E-state index in [4.69, 9.17) is 10.5 Å². The molecule has 0 spiro atoms. The van der Waals surface area contributed by atoms with Crippen LogP contribution in [0.25, 0.3) is 0 Å². The minimum absolute atomic E-state index is 0.567. The minimum Gasteiger partial charge on any atom is -0.383 e. The lowest BCUT2D eigenvalue weighted by molar-refractivity contribution is 0.185. The second-order valence-electron chi connectivity index (χ2n) is 3.79. The van der Waals surface area contributed by atoms with E-state index < -0.39 is 0 Å². The van der Waals surface area contributed by atoms with E-state index in [1.807, 2.05) is 6.92 Å². The highest BCUT2D eigenvalue weighted by Gasteiger charge is 2.17. The zero-order valence-corrected chi connectivity index (χ0v) is 8.36. The summed E-state index contributed by atoms with van der Waals surface area (Å²) in [5.74, 6) is 2.00. The summed E-state index contributed by atoms with van der Waals surface area (Å²) in [6.07, 6.45) is 3.77. The zero-order chi connectivity index (χ0) is 9.97.